The third-order valence-electron chi connectivity index (χ3n) is 3.38. The highest BCUT2D eigenvalue weighted by Crippen LogP contribution is 2.17. The smallest absolute Gasteiger partial charge is 0.256 e. The third kappa shape index (κ3) is 3.23. The van der Waals surface area contributed by atoms with Gasteiger partial charge in [-0.2, -0.15) is 0 Å². The molecule has 1 N–H and O–H groups in total. The number of halogens is 1. The van der Waals surface area contributed by atoms with Crippen molar-refractivity contribution in [2.45, 2.75) is 13.3 Å². The summed E-state index contributed by atoms with van der Waals surface area (Å²) in [5, 5.41) is 9.15. The SMILES string of the molecule is CCCN1CCN(C(=O)c2ccc(O)cc2F)CC1. The summed E-state index contributed by atoms with van der Waals surface area (Å²) >= 11 is 0. The van der Waals surface area contributed by atoms with Crippen molar-refractivity contribution >= 4 is 5.91 Å². The van der Waals surface area contributed by atoms with E-state index in [1.807, 2.05) is 0 Å². The lowest BCUT2D eigenvalue weighted by Crippen LogP contribution is -2.48. The first-order chi connectivity index (χ1) is 9.11. The van der Waals surface area contributed by atoms with Gasteiger partial charge in [0.2, 0.25) is 0 Å². The maximum absolute atomic E-state index is 13.6. The number of benzene rings is 1. The van der Waals surface area contributed by atoms with Crippen molar-refractivity contribution in [2.24, 2.45) is 0 Å². The second-order valence-electron chi connectivity index (χ2n) is 4.80. The lowest BCUT2D eigenvalue weighted by atomic mass is 10.1. The van der Waals surface area contributed by atoms with E-state index in [1.54, 1.807) is 4.90 Å². The number of phenols is 1. The Kier molecular flexibility index (Phi) is 4.37. The number of rotatable bonds is 3. The van der Waals surface area contributed by atoms with Crippen molar-refractivity contribution in [2.75, 3.05) is 32.7 Å². The molecular weight excluding hydrogens is 247 g/mol. The molecule has 0 unspecified atom stereocenters. The molecule has 1 saturated heterocycles. The number of aromatic hydroxyl groups is 1. The number of hydrogen-bond donors (Lipinski definition) is 1. The summed E-state index contributed by atoms with van der Waals surface area (Å²) in [6.07, 6.45) is 1.10. The molecule has 0 aliphatic carbocycles. The van der Waals surface area contributed by atoms with Gasteiger partial charge in [-0.05, 0) is 25.1 Å². The second kappa shape index (κ2) is 6.02. The molecule has 1 aromatic rings. The Bertz CT molecular complexity index is 457. The Labute approximate surface area is 112 Å². The largest absolute Gasteiger partial charge is 0.508 e. The van der Waals surface area contributed by atoms with Crippen LogP contribution in [0, 0.1) is 5.82 Å². The topological polar surface area (TPSA) is 43.8 Å². The van der Waals surface area contributed by atoms with Crippen LogP contribution in [0.4, 0.5) is 4.39 Å². The molecule has 1 aliphatic heterocycles. The molecule has 0 radical (unpaired) electrons. The fourth-order valence-electron chi connectivity index (χ4n) is 2.34. The van der Waals surface area contributed by atoms with E-state index < -0.39 is 5.82 Å². The number of carbonyl (C=O) groups is 1. The van der Waals surface area contributed by atoms with Gasteiger partial charge in [-0.25, -0.2) is 4.39 Å². The third-order valence-corrected chi connectivity index (χ3v) is 3.38. The van der Waals surface area contributed by atoms with Gasteiger partial charge in [0.15, 0.2) is 0 Å². The molecule has 1 heterocycles. The van der Waals surface area contributed by atoms with Gasteiger partial charge in [0, 0.05) is 32.2 Å². The zero-order valence-corrected chi connectivity index (χ0v) is 11.1. The Hall–Kier alpha value is -1.62. The summed E-state index contributed by atoms with van der Waals surface area (Å²) in [5.74, 6) is -1.13. The molecule has 19 heavy (non-hydrogen) atoms. The fraction of sp³-hybridized carbons (Fsp3) is 0.500. The van der Waals surface area contributed by atoms with Crippen molar-refractivity contribution in [1.82, 2.24) is 9.80 Å². The zero-order valence-electron chi connectivity index (χ0n) is 11.1. The average Bonchev–Trinajstić information content (AvgIpc) is 2.39. The maximum Gasteiger partial charge on any atom is 0.256 e. The van der Waals surface area contributed by atoms with Crippen molar-refractivity contribution in [3.63, 3.8) is 0 Å². The van der Waals surface area contributed by atoms with Crippen molar-refractivity contribution in [1.29, 1.82) is 0 Å². The van der Waals surface area contributed by atoms with Crippen LogP contribution in [0.1, 0.15) is 23.7 Å². The van der Waals surface area contributed by atoms with Crippen molar-refractivity contribution in [3.05, 3.63) is 29.6 Å². The van der Waals surface area contributed by atoms with E-state index in [1.165, 1.54) is 12.1 Å². The second-order valence-corrected chi connectivity index (χ2v) is 4.80. The van der Waals surface area contributed by atoms with Gasteiger partial charge in [-0.1, -0.05) is 6.92 Å². The number of phenolic OH excluding ortho intramolecular Hbond substituents is 1. The van der Waals surface area contributed by atoms with Crippen LogP contribution < -0.4 is 0 Å². The molecule has 0 atom stereocenters. The van der Waals surface area contributed by atoms with Crippen LogP contribution >= 0.6 is 0 Å². The first-order valence-corrected chi connectivity index (χ1v) is 6.62. The normalized spacial score (nSPS) is 16.6. The van der Waals surface area contributed by atoms with E-state index in [0.717, 1.165) is 32.1 Å². The number of piperazine rings is 1. The van der Waals surface area contributed by atoms with Crippen LogP contribution in [0.15, 0.2) is 18.2 Å². The first kappa shape index (κ1) is 13.8. The lowest BCUT2D eigenvalue weighted by molar-refractivity contribution is 0.0633. The Morgan fingerprint density at radius 2 is 2.00 bits per heavy atom. The summed E-state index contributed by atoms with van der Waals surface area (Å²) in [6.45, 7) is 6.08. The number of nitrogens with zero attached hydrogens (tertiary/aromatic N) is 2. The van der Waals surface area contributed by atoms with E-state index in [4.69, 9.17) is 5.11 Å². The molecule has 1 fully saturated rings. The first-order valence-electron chi connectivity index (χ1n) is 6.62. The minimum atomic E-state index is -0.666. The quantitative estimate of drug-likeness (QED) is 0.905. The Balaban J connectivity index is 2.01. The summed E-state index contributed by atoms with van der Waals surface area (Å²) in [6, 6.07) is 3.65. The van der Waals surface area contributed by atoms with Crippen LogP contribution in [0.2, 0.25) is 0 Å². The van der Waals surface area contributed by atoms with Gasteiger partial charge in [0.05, 0.1) is 5.56 Å². The van der Waals surface area contributed by atoms with Crippen LogP contribution in [0.25, 0.3) is 0 Å². The molecule has 104 valence electrons. The van der Waals surface area contributed by atoms with E-state index in [0.29, 0.717) is 13.1 Å². The number of amides is 1. The summed E-state index contributed by atoms with van der Waals surface area (Å²) in [5.41, 5.74) is 0.0294. The minimum absolute atomic E-state index is 0.0294. The van der Waals surface area contributed by atoms with E-state index >= 15 is 0 Å². The van der Waals surface area contributed by atoms with Crippen LogP contribution in [-0.4, -0.2) is 53.5 Å². The number of hydrogen-bond acceptors (Lipinski definition) is 3. The molecule has 0 saturated carbocycles. The van der Waals surface area contributed by atoms with Gasteiger partial charge in [0.1, 0.15) is 11.6 Å². The van der Waals surface area contributed by atoms with Gasteiger partial charge in [0.25, 0.3) is 5.91 Å². The van der Waals surface area contributed by atoms with Crippen LogP contribution in [0.5, 0.6) is 5.75 Å². The summed E-state index contributed by atoms with van der Waals surface area (Å²) < 4.78 is 13.6. The highest BCUT2D eigenvalue weighted by Gasteiger charge is 2.23. The van der Waals surface area contributed by atoms with Gasteiger partial charge >= 0.3 is 0 Å². The molecule has 1 aromatic carbocycles. The zero-order chi connectivity index (χ0) is 13.8. The number of carbonyl (C=O) groups excluding carboxylic acids is 1. The molecule has 2 rings (SSSR count). The van der Waals surface area contributed by atoms with Crippen LogP contribution in [0.3, 0.4) is 0 Å². The molecule has 0 aromatic heterocycles. The summed E-state index contributed by atoms with van der Waals surface area (Å²) in [4.78, 5) is 16.2. The molecule has 0 spiro atoms. The maximum atomic E-state index is 13.6. The molecule has 1 aliphatic rings. The highest BCUT2D eigenvalue weighted by molar-refractivity contribution is 5.94. The Morgan fingerprint density at radius 1 is 1.32 bits per heavy atom. The standard InChI is InChI=1S/C14H19FN2O2/c1-2-5-16-6-8-17(9-7-16)14(19)12-4-3-11(18)10-13(12)15/h3-4,10,18H,2,5-9H2,1H3. The summed E-state index contributed by atoms with van der Waals surface area (Å²) in [7, 11) is 0. The van der Waals surface area contributed by atoms with Crippen molar-refractivity contribution in [3.8, 4) is 5.75 Å². The molecule has 5 heteroatoms. The van der Waals surface area contributed by atoms with Crippen LogP contribution in [-0.2, 0) is 0 Å². The monoisotopic (exact) mass is 266 g/mol. The van der Waals surface area contributed by atoms with E-state index in [-0.39, 0.29) is 17.2 Å². The predicted molar refractivity (Wildman–Crippen MR) is 70.7 cm³/mol. The molecule has 1 amide bonds. The molecule has 0 bridgehead atoms. The molecule has 4 nitrogen and oxygen atoms in total. The fourth-order valence-corrected chi connectivity index (χ4v) is 2.34. The Morgan fingerprint density at radius 3 is 2.58 bits per heavy atom. The van der Waals surface area contributed by atoms with Gasteiger partial charge in [-0.3, -0.25) is 9.69 Å². The average molecular weight is 266 g/mol. The van der Waals surface area contributed by atoms with E-state index in [9.17, 15) is 9.18 Å². The van der Waals surface area contributed by atoms with Crippen molar-refractivity contribution < 1.29 is 14.3 Å². The minimum Gasteiger partial charge on any atom is -0.508 e. The molecular formula is C14H19FN2O2. The van der Waals surface area contributed by atoms with Gasteiger partial charge < -0.3 is 10.0 Å². The van der Waals surface area contributed by atoms with Gasteiger partial charge in [-0.15, -0.1) is 0 Å². The lowest BCUT2D eigenvalue weighted by Gasteiger charge is -2.34. The predicted octanol–water partition coefficient (Wildman–Crippen LogP) is 1.70. The highest BCUT2D eigenvalue weighted by atomic mass is 19.1. The van der Waals surface area contributed by atoms with E-state index in [2.05, 4.69) is 11.8 Å².